The van der Waals surface area contributed by atoms with Crippen molar-refractivity contribution in [1.29, 1.82) is 0 Å². The van der Waals surface area contributed by atoms with Gasteiger partial charge in [0, 0.05) is 28.7 Å². The SMILES string of the molecule is COc1cc([C@@H]2Oc3c(C)c4c(c(OC)c3C[C@H]2O)CC[C@H](c2ccc(O)cc2)O4)cc(OC)c1O. The predicted octanol–water partition coefficient (Wildman–Crippen LogP) is 4.54. The molecular weight excluding hydrogens is 464 g/mol. The van der Waals surface area contributed by atoms with Crippen molar-refractivity contribution >= 4 is 0 Å². The maximum Gasteiger partial charge on any atom is 0.200 e. The quantitative estimate of drug-likeness (QED) is 0.475. The van der Waals surface area contributed by atoms with Crippen molar-refractivity contribution in [2.45, 2.75) is 44.5 Å². The second kappa shape index (κ2) is 9.35. The average molecular weight is 495 g/mol. The Morgan fingerprint density at radius 1 is 0.833 bits per heavy atom. The molecular formula is C28H30O8. The highest BCUT2D eigenvalue weighted by Crippen LogP contribution is 2.52. The molecule has 3 atom stereocenters. The van der Waals surface area contributed by atoms with E-state index in [1.54, 1.807) is 31.4 Å². The van der Waals surface area contributed by atoms with Crippen molar-refractivity contribution in [1.82, 2.24) is 0 Å². The van der Waals surface area contributed by atoms with Gasteiger partial charge in [0.15, 0.2) is 17.6 Å². The van der Waals surface area contributed by atoms with E-state index in [1.165, 1.54) is 14.2 Å². The first-order valence-electron chi connectivity index (χ1n) is 11.8. The maximum absolute atomic E-state index is 11.1. The van der Waals surface area contributed by atoms with Gasteiger partial charge in [0.1, 0.15) is 29.1 Å². The molecule has 8 heteroatoms. The second-order valence-corrected chi connectivity index (χ2v) is 9.09. The third-order valence-electron chi connectivity index (χ3n) is 7.00. The summed E-state index contributed by atoms with van der Waals surface area (Å²) in [7, 11) is 4.52. The number of aliphatic hydroxyl groups is 1. The largest absolute Gasteiger partial charge is 0.508 e. The smallest absolute Gasteiger partial charge is 0.200 e. The van der Waals surface area contributed by atoms with Gasteiger partial charge in [-0.3, -0.25) is 0 Å². The summed E-state index contributed by atoms with van der Waals surface area (Å²) in [5.74, 6) is 2.55. The summed E-state index contributed by atoms with van der Waals surface area (Å²) >= 11 is 0. The van der Waals surface area contributed by atoms with Gasteiger partial charge in [-0.15, -0.1) is 0 Å². The fourth-order valence-electron chi connectivity index (χ4n) is 5.21. The van der Waals surface area contributed by atoms with Gasteiger partial charge in [0.05, 0.1) is 27.4 Å². The summed E-state index contributed by atoms with van der Waals surface area (Å²) in [6.07, 6.45) is 0.0609. The fourth-order valence-corrected chi connectivity index (χ4v) is 5.21. The molecule has 36 heavy (non-hydrogen) atoms. The number of rotatable bonds is 5. The molecule has 0 spiro atoms. The van der Waals surface area contributed by atoms with E-state index < -0.39 is 12.2 Å². The average Bonchev–Trinajstić information content (AvgIpc) is 2.89. The standard InChI is InChI=1S/C28H30O8/c1-14-25-18(9-10-21(35-25)15-5-7-17(29)8-6-15)28(34-4)19-13-20(30)27(36-26(14)19)16-11-22(32-2)24(31)23(12-16)33-3/h5-8,11-12,20-21,27,29-31H,9-10,13H2,1-4H3/t20-,21-,27+/m1/s1. The maximum atomic E-state index is 11.1. The minimum Gasteiger partial charge on any atom is -0.508 e. The Morgan fingerprint density at radius 3 is 2.08 bits per heavy atom. The van der Waals surface area contributed by atoms with Crippen LogP contribution < -0.4 is 23.7 Å². The van der Waals surface area contributed by atoms with Crippen molar-refractivity contribution in [3.05, 3.63) is 64.2 Å². The van der Waals surface area contributed by atoms with Gasteiger partial charge in [-0.2, -0.15) is 0 Å². The third kappa shape index (κ3) is 3.91. The molecule has 0 bridgehead atoms. The Labute approximate surface area is 209 Å². The number of phenolic OH excluding ortho intramolecular Hbond substituents is 2. The molecule has 0 amide bonds. The van der Waals surface area contributed by atoms with Crippen LogP contribution >= 0.6 is 0 Å². The third-order valence-corrected chi connectivity index (χ3v) is 7.00. The highest BCUT2D eigenvalue weighted by molar-refractivity contribution is 5.64. The molecule has 8 nitrogen and oxygen atoms in total. The number of ether oxygens (including phenoxy) is 5. The van der Waals surface area contributed by atoms with Gasteiger partial charge in [-0.1, -0.05) is 12.1 Å². The minimum atomic E-state index is -0.864. The Morgan fingerprint density at radius 2 is 1.47 bits per heavy atom. The van der Waals surface area contributed by atoms with Crippen LogP contribution in [-0.2, 0) is 12.8 Å². The zero-order valence-electron chi connectivity index (χ0n) is 20.7. The summed E-state index contributed by atoms with van der Waals surface area (Å²) in [6, 6.07) is 10.3. The molecule has 0 unspecified atom stereocenters. The molecule has 3 aromatic rings. The van der Waals surface area contributed by atoms with Gasteiger partial charge < -0.3 is 39.0 Å². The summed E-state index contributed by atoms with van der Waals surface area (Å²) < 4.78 is 29.3. The van der Waals surface area contributed by atoms with Gasteiger partial charge >= 0.3 is 0 Å². The molecule has 2 aliphatic rings. The van der Waals surface area contributed by atoms with Gasteiger partial charge in [0.2, 0.25) is 5.75 Å². The number of aromatic hydroxyl groups is 2. The van der Waals surface area contributed by atoms with Crippen molar-refractivity contribution in [2.24, 2.45) is 0 Å². The van der Waals surface area contributed by atoms with Crippen LogP contribution in [0.5, 0.6) is 40.2 Å². The van der Waals surface area contributed by atoms with Gasteiger partial charge in [0.25, 0.3) is 0 Å². The van der Waals surface area contributed by atoms with Crippen LogP contribution in [0.1, 0.15) is 46.4 Å². The lowest BCUT2D eigenvalue weighted by molar-refractivity contribution is 0.0185. The summed E-state index contributed by atoms with van der Waals surface area (Å²) in [6.45, 7) is 1.95. The Kier molecular flexibility index (Phi) is 6.22. The lowest BCUT2D eigenvalue weighted by Crippen LogP contribution is -2.32. The predicted molar refractivity (Wildman–Crippen MR) is 132 cm³/mol. The number of hydrogen-bond acceptors (Lipinski definition) is 8. The van der Waals surface area contributed by atoms with Crippen LogP contribution in [0.25, 0.3) is 0 Å². The van der Waals surface area contributed by atoms with Crippen molar-refractivity contribution < 1.29 is 39.0 Å². The molecule has 2 aliphatic heterocycles. The molecule has 2 heterocycles. The van der Waals surface area contributed by atoms with Crippen LogP contribution in [0.4, 0.5) is 0 Å². The molecule has 5 rings (SSSR count). The number of benzene rings is 3. The van der Waals surface area contributed by atoms with Crippen LogP contribution in [0.2, 0.25) is 0 Å². The van der Waals surface area contributed by atoms with E-state index in [0.717, 1.165) is 35.1 Å². The lowest BCUT2D eigenvalue weighted by Gasteiger charge is -2.36. The molecule has 3 aromatic carbocycles. The number of fused-ring (bicyclic) bond motifs is 2. The number of methoxy groups -OCH3 is 3. The minimum absolute atomic E-state index is 0.116. The first-order valence-corrected chi connectivity index (χ1v) is 11.8. The van der Waals surface area contributed by atoms with Gasteiger partial charge in [-0.25, -0.2) is 0 Å². The normalized spacial score (nSPS) is 20.4. The zero-order valence-corrected chi connectivity index (χ0v) is 20.7. The van der Waals surface area contributed by atoms with Crippen LogP contribution in [0.3, 0.4) is 0 Å². The van der Waals surface area contributed by atoms with E-state index in [4.69, 9.17) is 23.7 Å². The summed E-state index contributed by atoms with van der Waals surface area (Å²) in [5, 5.41) is 31.1. The molecule has 0 saturated carbocycles. The van der Waals surface area contributed by atoms with E-state index in [2.05, 4.69) is 0 Å². The molecule has 0 aromatic heterocycles. The summed E-state index contributed by atoms with van der Waals surface area (Å²) in [4.78, 5) is 0. The molecule has 0 fully saturated rings. The highest BCUT2D eigenvalue weighted by atomic mass is 16.5. The molecule has 3 N–H and O–H groups in total. The Bertz CT molecular complexity index is 1260. The van der Waals surface area contributed by atoms with Crippen molar-refractivity contribution in [2.75, 3.05) is 21.3 Å². The van der Waals surface area contributed by atoms with E-state index >= 15 is 0 Å². The Balaban J connectivity index is 1.56. The zero-order chi connectivity index (χ0) is 25.6. The second-order valence-electron chi connectivity index (χ2n) is 9.09. The van der Waals surface area contributed by atoms with Gasteiger partial charge in [-0.05, 0) is 49.6 Å². The fraction of sp³-hybridized carbons (Fsp3) is 0.357. The van der Waals surface area contributed by atoms with Crippen LogP contribution in [-0.4, -0.2) is 42.8 Å². The highest BCUT2D eigenvalue weighted by Gasteiger charge is 2.38. The van der Waals surface area contributed by atoms with E-state index in [0.29, 0.717) is 29.2 Å². The first-order chi connectivity index (χ1) is 17.4. The monoisotopic (exact) mass is 494 g/mol. The number of aliphatic hydroxyl groups excluding tert-OH is 1. The first kappa shape index (κ1) is 23.9. The molecule has 190 valence electrons. The van der Waals surface area contributed by atoms with E-state index in [9.17, 15) is 15.3 Å². The van der Waals surface area contributed by atoms with Crippen LogP contribution in [0, 0.1) is 6.92 Å². The van der Waals surface area contributed by atoms with Crippen molar-refractivity contribution in [3.8, 4) is 40.2 Å². The number of phenols is 2. The lowest BCUT2D eigenvalue weighted by atomic mass is 9.87. The van der Waals surface area contributed by atoms with Crippen molar-refractivity contribution in [3.63, 3.8) is 0 Å². The molecule has 0 radical (unpaired) electrons. The topological polar surface area (TPSA) is 107 Å². The van der Waals surface area contributed by atoms with Crippen LogP contribution in [0.15, 0.2) is 36.4 Å². The molecule has 0 saturated heterocycles. The molecule has 0 aliphatic carbocycles. The number of hydrogen-bond donors (Lipinski definition) is 3. The summed E-state index contributed by atoms with van der Waals surface area (Å²) in [5.41, 5.74) is 4.19. The Hall–Kier alpha value is -3.78. The van der Waals surface area contributed by atoms with E-state index in [-0.39, 0.29) is 29.1 Å². The van der Waals surface area contributed by atoms with E-state index in [1.807, 2.05) is 19.1 Å².